The SMILES string of the molecule is CN[C@@H](C)C(=O)N[C@H]1CN(C(=O)Cc2ccc(F)cc2)CC[C@H]2CC[C@@H](C(=O)NCc3ccc(F)cc3)N2C1=O.Cl. The summed E-state index contributed by atoms with van der Waals surface area (Å²) in [6.07, 6.45) is 1.54. The molecule has 2 heterocycles. The summed E-state index contributed by atoms with van der Waals surface area (Å²) in [5.41, 5.74) is 1.37. The first-order valence-electron chi connectivity index (χ1n) is 13.5. The Morgan fingerprint density at radius 1 is 0.951 bits per heavy atom. The van der Waals surface area contributed by atoms with Crippen molar-refractivity contribution in [3.63, 3.8) is 0 Å². The van der Waals surface area contributed by atoms with E-state index in [-0.39, 0.29) is 55.6 Å². The molecule has 0 aromatic heterocycles. The lowest BCUT2D eigenvalue weighted by molar-refractivity contribution is -0.147. The molecule has 2 aromatic rings. The molecule has 0 radical (unpaired) electrons. The van der Waals surface area contributed by atoms with Gasteiger partial charge < -0.3 is 25.8 Å². The molecule has 4 atom stereocenters. The van der Waals surface area contributed by atoms with Crippen LogP contribution in [0.4, 0.5) is 8.78 Å². The van der Waals surface area contributed by atoms with Gasteiger partial charge in [0.1, 0.15) is 23.7 Å². The Balaban J connectivity index is 0.00000462. The first-order valence-corrected chi connectivity index (χ1v) is 13.5. The van der Waals surface area contributed by atoms with Crippen molar-refractivity contribution in [2.45, 2.75) is 63.3 Å². The third kappa shape index (κ3) is 8.01. The number of halogens is 3. The Labute approximate surface area is 244 Å². The summed E-state index contributed by atoms with van der Waals surface area (Å²) in [6.45, 7) is 2.14. The Morgan fingerprint density at radius 2 is 1.56 bits per heavy atom. The third-order valence-electron chi connectivity index (χ3n) is 7.64. The number of amides is 4. The van der Waals surface area contributed by atoms with Crippen molar-refractivity contribution in [1.82, 2.24) is 25.8 Å². The highest BCUT2D eigenvalue weighted by Gasteiger charge is 2.45. The van der Waals surface area contributed by atoms with Crippen LogP contribution in [0.15, 0.2) is 48.5 Å². The second-order valence-electron chi connectivity index (χ2n) is 10.3. The van der Waals surface area contributed by atoms with E-state index in [4.69, 9.17) is 0 Å². The first-order chi connectivity index (χ1) is 19.2. The molecule has 4 rings (SSSR count). The summed E-state index contributed by atoms with van der Waals surface area (Å²) in [6, 6.07) is 8.85. The lowest BCUT2D eigenvalue weighted by Gasteiger charge is -2.39. The van der Waals surface area contributed by atoms with Crippen LogP contribution in [0.1, 0.15) is 37.3 Å². The maximum absolute atomic E-state index is 13.9. The van der Waals surface area contributed by atoms with Gasteiger partial charge in [0.25, 0.3) is 0 Å². The quantitative estimate of drug-likeness (QED) is 0.435. The highest BCUT2D eigenvalue weighted by atomic mass is 35.5. The zero-order chi connectivity index (χ0) is 28.8. The molecule has 2 fully saturated rings. The van der Waals surface area contributed by atoms with E-state index >= 15 is 0 Å². The number of fused-ring (bicyclic) bond motifs is 1. The van der Waals surface area contributed by atoms with Crippen molar-refractivity contribution in [2.75, 3.05) is 20.1 Å². The topological polar surface area (TPSA) is 111 Å². The predicted molar refractivity (Wildman–Crippen MR) is 151 cm³/mol. The number of benzene rings is 2. The fraction of sp³-hybridized carbons (Fsp3) is 0.448. The summed E-state index contributed by atoms with van der Waals surface area (Å²) in [7, 11) is 1.63. The van der Waals surface area contributed by atoms with E-state index in [0.717, 1.165) is 5.56 Å². The number of nitrogens with zero attached hydrogens (tertiary/aromatic N) is 2. The molecule has 4 amide bonds. The highest BCUT2D eigenvalue weighted by Crippen LogP contribution is 2.29. The van der Waals surface area contributed by atoms with Crippen LogP contribution in [-0.2, 0) is 32.1 Å². The molecule has 2 aromatic carbocycles. The summed E-state index contributed by atoms with van der Waals surface area (Å²) in [5.74, 6) is -2.14. The van der Waals surface area contributed by atoms with Gasteiger partial charge in [-0.1, -0.05) is 24.3 Å². The van der Waals surface area contributed by atoms with Gasteiger partial charge in [0.2, 0.25) is 23.6 Å². The van der Waals surface area contributed by atoms with Crippen molar-refractivity contribution in [3.05, 3.63) is 71.3 Å². The van der Waals surface area contributed by atoms with E-state index in [9.17, 15) is 28.0 Å². The number of hydrogen-bond donors (Lipinski definition) is 3. The minimum Gasteiger partial charge on any atom is -0.350 e. The Bertz CT molecular complexity index is 1230. The van der Waals surface area contributed by atoms with Crippen molar-refractivity contribution in [3.8, 4) is 0 Å². The molecule has 3 N–H and O–H groups in total. The summed E-state index contributed by atoms with van der Waals surface area (Å²) in [4.78, 5) is 56.3. The Kier molecular flexibility index (Phi) is 11.2. The molecule has 0 unspecified atom stereocenters. The molecular formula is C29H36ClF2N5O4. The molecule has 9 nitrogen and oxygen atoms in total. The number of nitrogens with one attached hydrogen (secondary N) is 3. The number of rotatable bonds is 8. The molecule has 0 spiro atoms. The predicted octanol–water partition coefficient (Wildman–Crippen LogP) is 1.93. The van der Waals surface area contributed by atoms with Crippen LogP contribution in [-0.4, -0.2) is 77.7 Å². The minimum absolute atomic E-state index is 0. The number of likely N-dealkylation sites (N-methyl/N-ethyl adjacent to an activating group) is 1. The average molecular weight is 592 g/mol. The van der Waals surface area contributed by atoms with Crippen LogP contribution in [0.3, 0.4) is 0 Å². The molecular weight excluding hydrogens is 556 g/mol. The van der Waals surface area contributed by atoms with E-state index in [0.29, 0.717) is 31.4 Å². The van der Waals surface area contributed by atoms with E-state index in [1.165, 1.54) is 24.3 Å². The first kappa shape index (κ1) is 32.0. The van der Waals surface area contributed by atoms with Crippen LogP contribution < -0.4 is 16.0 Å². The molecule has 0 saturated carbocycles. The second-order valence-corrected chi connectivity index (χ2v) is 10.3. The van der Waals surface area contributed by atoms with Gasteiger partial charge in [0, 0.05) is 25.7 Å². The van der Waals surface area contributed by atoms with Gasteiger partial charge >= 0.3 is 0 Å². The maximum Gasteiger partial charge on any atom is 0.247 e. The van der Waals surface area contributed by atoms with Gasteiger partial charge in [-0.25, -0.2) is 8.78 Å². The van der Waals surface area contributed by atoms with E-state index in [1.807, 2.05) is 0 Å². The van der Waals surface area contributed by atoms with Crippen molar-refractivity contribution in [1.29, 1.82) is 0 Å². The number of hydrogen-bond acceptors (Lipinski definition) is 5. The lowest BCUT2D eigenvalue weighted by atomic mass is 10.0. The molecule has 0 bridgehead atoms. The Hall–Kier alpha value is -3.57. The summed E-state index contributed by atoms with van der Waals surface area (Å²) < 4.78 is 26.6. The van der Waals surface area contributed by atoms with E-state index < -0.39 is 35.8 Å². The molecule has 41 heavy (non-hydrogen) atoms. The van der Waals surface area contributed by atoms with Crippen LogP contribution in [0.5, 0.6) is 0 Å². The smallest absolute Gasteiger partial charge is 0.247 e. The number of carbonyl (C=O) groups is 4. The van der Waals surface area contributed by atoms with Crippen molar-refractivity contribution in [2.24, 2.45) is 0 Å². The van der Waals surface area contributed by atoms with Crippen LogP contribution >= 0.6 is 12.4 Å². The fourth-order valence-electron chi connectivity index (χ4n) is 5.19. The third-order valence-corrected chi connectivity index (χ3v) is 7.64. The zero-order valence-corrected chi connectivity index (χ0v) is 23.9. The maximum atomic E-state index is 13.9. The molecule has 0 aliphatic carbocycles. The Morgan fingerprint density at radius 3 is 2.17 bits per heavy atom. The fourth-order valence-corrected chi connectivity index (χ4v) is 5.19. The second kappa shape index (κ2) is 14.4. The lowest BCUT2D eigenvalue weighted by Crippen LogP contribution is -2.62. The highest BCUT2D eigenvalue weighted by molar-refractivity contribution is 5.94. The van der Waals surface area contributed by atoms with Gasteiger partial charge in [-0.05, 0) is 68.6 Å². The zero-order valence-electron chi connectivity index (χ0n) is 23.1. The molecule has 12 heteroatoms. The minimum atomic E-state index is -1.05. The van der Waals surface area contributed by atoms with Crippen LogP contribution in [0.25, 0.3) is 0 Å². The van der Waals surface area contributed by atoms with Crippen LogP contribution in [0, 0.1) is 11.6 Å². The summed E-state index contributed by atoms with van der Waals surface area (Å²) >= 11 is 0. The number of carbonyl (C=O) groups excluding carboxylic acids is 4. The van der Waals surface area contributed by atoms with Crippen molar-refractivity contribution < 1.29 is 28.0 Å². The van der Waals surface area contributed by atoms with Gasteiger partial charge in [-0.15, -0.1) is 12.4 Å². The van der Waals surface area contributed by atoms with Crippen molar-refractivity contribution >= 4 is 36.0 Å². The van der Waals surface area contributed by atoms with E-state index in [2.05, 4.69) is 16.0 Å². The van der Waals surface area contributed by atoms with Gasteiger partial charge in [0.05, 0.1) is 12.5 Å². The normalized spacial score (nSPS) is 21.2. The molecule has 2 saturated heterocycles. The molecule has 222 valence electrons. The average Bonchev–Trinajstić information content (AvgIpc) is 3.37. The largest absolute Gasteiger partial charge is 0.350 e. The summed E-state index contributed by atoms with van der Waals surface area (Å²) in [5, 5.41) is 8.46. The van der Waals surface area contributed by atoms with Crippen LogP contribution in [0.2, 0.25) is 0 Å². The monoisotopic (exact) mass is 591 g/mol. The standard InChI is InChI=1S/C29H35F2N5O4.ClH/c1-18(32-2)27(38)34-24-17-35(26(37)15-19-3-7-21(30)8-4-19)14-13-23-11-12-25(36(23)29(24)40)28(39)33-16-20-5-9-22(31)10-6-20;/h3-10,18,23-25,32H,11-17H2,1-2H3,(H,33,39)(H,34,38);1H/t18-,23+,24-,25-;/m0./s1. The van der Waals surface area contributed by atoms with Gasteiger partial charge in [0.15, 0.2) is 0 Å². The van der Waals surface area contributed by atoms with Gasteiger partial charge in [-0.3, -0.25) is 19.2 Å². The van der Waals surface area contributed by atoms with Gasteiger partial charge in [-0.2, -0.15) is 0 Å². The molecule has 2 aliphatic heterocycles. The molecule has 2 aliphatic rings. The van der Waals surface area contributed by atoms with E-state index in [1.54, 1.807) is 48.0 Å².